The Kier molecular flexibility index (Phi) is 3.29. The van der Waals surface area contributed by atoms with Crippen molar-refractivity contribution in [3.8, 4) is 10.4 Å². The maximum Gasteiger partial charge on any atom is 0.116 e. The van der Waals surface area contributed by atoms with E-state index in [1.54, 1.807) is 17.7 Å². The Morgan fingerprint density at radius 1 is 1.10 bits per heavy atom. The van der Waals surface area contributed by atoms with Gasteiger partial charge in [-0.15, -0.1) is 11.3 Å². The van der Waals surface area contributed by atoms with Crippen molar-refractivity contribution in [3.05, 3.63) is 42.9 Å². The lowest BCUT2D eigenvalue weighted by molar-refractivity contribution is 0.122. The van der Waals surface area contributed by atoms with Crippen molar-refractivity contribution in [2.45, 2.75) is 0 Å². The van der Waals surface area contributed by atoms with Gasteiger partial charge in [-0.05, 0) is 23.8 Å². The smallest absolute Gasteiger partial charge is 0.116 e. The molecular weight excluding hydrogens is 282 g/mol. The Bertz CT molecular complexity index is 715. The maximum absolute atomic E-state index is 5.40. The molecule has 0 amide bonds. The SMILES string of the molecule is c1ncc2sc(-c3ccc(N4CCOCC4)cc3)cc2n1. The predicted molar refractivity (Wildman–Crippen MR) is 85.9 cm³/mol. The summed E-state index contributed by atoms with van der Waals surface area (Å²) in [5.41, 5.74) is 3.51. The summed E-state index contributed by atoms with van der Waals surface area (Å²) in [6.45, 7) is 3.57. The van der Waals surface area contributed by atoms with Crippen LogP contribution in [0.25, 0.3) is 20.7 Å². The predicted octanol–water partition coefficient (Wildman–Crippen LogP) is 3.19. The molecule has 1 saturated heterocycles. The minimum Gasteiger partial charge on any atom is -0.378 e. The molecule has 1 fully saturated rings. The van der Waals surface area contributed by atoms with Gasteiger partial charge in [-0.3, -0.25) is 0 Å². The van der Waals surface area contributed by atoms with Crippen LogP contribution in [0.4, 0.5) is 5.69 Å². The zero-order valence-corrected chi connectivity index (χ0v) is 12.3. The van der Waals surface area contributed by atoms with Crippen LogP contribution in [0.2, 0.25) is 0 Å². The van der Waals surface area contributed by atoms with E-state index in [2.05, 4.69) is 45.2 Å². The lowest BCUT2D eigenvalue weighted by Crippen LogP contribution is -2.36. The number of rotatable bonds is 2. The molecule has 0 N–H and O–H groups in total. The molecule has 0 spiro atoms. The molecule has 0 atom stereocenters. The van der Waals surface area contributed by atoms with E-state index in [1.807, 2.05) is 6.20 Å². The van der Waals surface area contributed by atoms with Crippen LogP contribution in [0.5, 0.6) is 0 Å². The zero-order chi connectivity index (χ0) is 14.1. The first-order chi connectivity index (χ1) is 10.4. The quantitative estimate of drug-likeness (QED) is 0.728. The molecule has 0 unspecified atom stereocenters. The standard InChI is InChI=1S/C16H15N3OS/c1-3-13(19-5-7-20-8-6-19)4-2-12(1)15-9-14-16(21-15)10-17-11-18-14/h1-4,9-11H,5-8H2. The number of nitrogens with zero attached hydrogens (tertiary/aromatic N) is 3. The number of benzene rings is 1. The fourth-order valence-corrected chi connectivity index (χ4v) is 3.58. The van der Waals surface area contributed by atoms with Gasteiger partial charge in [0.2, 0.25) is 0 Å². The average molecular weight is 297 g/mol. The first-order valence-corrected chi connectivity index (χ1v) is 7.84. The molecule has 2 aromatic heterocycles. The van der Waals surface area contributed by atoms with Crippen molar-refractivity contribution < 1.29 is 4.74 Å². The van der Waals surface area contributed by atoms with Crippen molar-refractivity contribution in [2.75, 3.05) is 31.2 Å². The molecule has 0 saturated carbocycles. The van der Waals surface area contributed by atoms with Crippen LogP contribution in [-0.4, -0.2) is 36.3 Å². The minimum atomic E-state index is 0.816. The summed E-state index contributed by atoms with van der Waals surface area (Å²) >= 11 is 1.73. The molecule has 5 heteroatoms. The number of morpholine rings is 1. The molecule has 0 aliphatic carbocycles. The second-order valence-electron chi connectivity index (χ2n) is 5.03. The van der Waals surface area contributed by atoms with E-state index >= 15 is 0 Å². The highest BCUT2D eigenvalue weighted by atomic mass is 32.1. The molecule has 4 nitrogen and oxygen atoms in total. The molecule has 4 rings (SSSR count). The molecule has 0 radical (unpaired) electrons. The van der Waals surface area contributed by atoms with Crippen molar-refractivity contribution in [2.24, 2.45) is 0 Å². The minimum absolute atomic E-state index is 0.816. The van der Waals surface area contributed by atoms with E-state index < -0.39 is 0 Å². The van der Waals surface area contributed by atoms with Crippen LogP contribution < -0.4 is 4.90 Å². The van der Waals surface area contributed by atoms with Gasteiger partial charge in [0.1, 0.15) is 6.33 Å². The first-order valence-electron chi connectivity index (χ1n) is 7.03. The van der Waals surface area contributed by atoms with Gasteiger partial charge < -0.3 is 9.64 Å². The van der Waals surface area contributed by atoms with E-state index in [-0.39, 0.29) is 0 Å². The summed E-state index contributed by atoms with van der Waals surface area (Å²) in [4.78, 5) is 12.0. The first kappa shape index (κ1) is 12.7. The molecule has 0 bridgehead atoms. The van der Waals surface area contributed by atoms with Crippen molar-refractivity contribution >= 4 is 27.2 Å². The Morgan fingerprint density at radius 2 is 1.90 bits per heavy atom. The third-order valence-electron chi connectivity index (χ3n) is 3.72. The highest BCUT2D eigenvalue weighted by molar-refractivity contribution is 7.22. The zero-order valence-electron chi connectivity index (χ0n) is 11.5. The molecule has 3 aromatic rings. The summed E-state index contributed by atoms with van der Waals surface area (Å²) in [6, 6.07) is 10.9. The van der Waals surface area contributed by atoms with Gasteiger partial charge in [-0.25, -0.2) is 9.97 Å². The average Bonchev–Trinajstić information content (AvgIpc) is 3.00. The Hall–Kier alpha value is -1.98. The van der Waals surface area contributed by atoms with Gasteiger partial charge in [0.05, 0.1) is 23.4 Å². The maximum atomic E-state index is 5.40. The number of ether oxygens (including phenoxy) is 1. The molecule has 21 heavy (non-hydrogen) atoms. The van der Waals surface area contributed by atoms with Gasteiger partial charge in [0, 0.05) is 29.9 Å². The molecule has 1 aliphatic heterocycles. The number of hydrogen-bond acceptors (Lipinski definition) is 5. The fraction of sp³-hybridized carbons (Fsp3) is 0.250. The van der Waals surface area contributed by atoms with Gasteiger partial charge in [0.15, 0.2) is 0 Å². The number of hydrogen-bond donors (Lipinski definition) is 0. The number of aromatic nitrogens is 2. The number of thiophene rings is 1. The molecule has 3 heterocycles. The molecule has 106 valence electrons. The van der Waals surface area contributed by atoms with E-state index in [0.717, 1.165) is 36.5 Å². The third-order valence-corrected chi connectivity index (χ3v) is 4.83. The summed E-state index contributed by atoms with van der Waals surface area (Å²) < 4.78 is 6.52. The van der Waals surface area contributed by atoms with Crippen LogP contribution in [0.1, 0.15) is 0 Å². The van der Waals surface area contributed by atoms with Crippen LogP contribution in [0.15, 0.2) is 42.9 Å². The van der Waals surface area contributed by atoms with Crippen LogP contribution in [0.3, 0.4) is 0 Å². The topological polar surface area (TPSA) is 38.2 Å². The van der Waals surface area contributed by atoms with E-state index in [4.69, 9.17) is 4.74 Å². The highest BCUT2D eigenvalue weighted by Gasteiger charge is 2.11. The normalized spacial score (nSPS) is 15.5. The van der Waals surface area contributed by atoms with Gasteiger partial charge in [-0.1, -0.05) is 12.1 Å². The largest absolute Gasteiger partial charge is 0.378 e. The fourth-order valence-electron chi connectivity index (χ4n) is 2.59. The number of anilines is 1. The summed E-state index contributed by atoms with van der Waals surface area (Å²) in [7, 11) is 0. The van der Waals surface area contributed by atoms with Gasteiger partial charge >= 0.3 is 0 Å². The summed E-state index contributed by atoms with van der Waals surface area (Å²) in [6.07, 6.45) is 3.47. The second kappa shape index (κ2) is 5.42. The van der Waals surface area contributed by atoms with Crippen LogP contribution in [0, 0.1) is 0 Å². The molecular formula is C16H15N3OS. The Labute approximate surface area is 127 Å². The lowest BCUT2D eigenvalue weighted by Gasteiger charge is -2.28. The van der Waals surface area contributed by atoms with Gasteiger partial charge in [-0.2, -0.15) is 0 Å². The lowest BCUT2D eigenvalue weighted by atomic mass is 10.1. The Balaban J connectivity index is 1.63. The van der Waals surface area contributed by atoms with E-state index in [9.17, 15) is 0 Å². The summed E-state index contributed by atoms with van der Waals surface area (Å²) in [5.74, 6) is 0. The third kappa shape index (κ3) is 2.50. The van der Waals surface area contributed by atoms with Crippen LogP contribution in [-0.2, 0) is 4.74 Å². The summed E-state index contributed by atoms with van der Waals surface area (Å²) in [5, 5.41) is 0. The Morgan fingerprint density at radius 3 is 2.67 bits per heavy atom. The van der Waals surface area contributed by atoms with Crippen LogP contribution >= 0.6 is 11.3 Å². The molecule has 1 aromatic carbocycles. The van der Waals surface area contributed by atoms with Crippen molar-refractivity contribution in [1.29, 1.82) is 0 Å². The second-order valence-corrected chi connectivity index (χ2v) is 6.11. The number of fused-ring (bicyclic) bond motifs is 1. The van der Waals surface area contributed by atoms with Crippen molar-refractivity contribution in [1.82, 2.24) is 9.97 Å². The van der Waals surface area contributed by atoms with E-state index in [1.165, 1.54) is 16.1 Å². The van der Waals surface area contributed by atoms with Gasteiger partial charge in [0.25, 0.3) is 0 Å². The monoisotopic (exact) mass is 297 g/mol. The van der Waals surface area contributed by atoms with Crippen molar-refractivity contribution in [3.63, 3.8) is 0 Å². The molecule has 1 aliphatic rings. The van der Waals surface area contributed by atoms with E-state index in [0.29, 0.717) is 0 Å². The highest BCUT2D eigenvalue weighted by Crippen LogP contribution is 2.32.